The van der Waals surface area contributed by atoms with Crippen molar-refractivity contribution in [2.75, 3.05) is 6.61 Å². The van der Waals surface area contributed by atoms with E-state index in [0.717, 1.165) is 38.5 Å². The lowest BCUT2D eigenvalue weighted by molar-refractivity contribution is -0.124. The van der Waals surface area contributed by atoms with Gasteiger partial charge in [-0.3, -0.25) is 4.79 Å². The van der Waals surface area contributed by atoms with Crippen LogP contribution in [0.15, 0.2) is 12.2 Å². The van der Waals surface area contributed by atoms with Crippen molar-refractivity contribution in [2.24, 2.45) is 0 Å². The lowest BCUT2D eigenvalue weighted by atomic mass is 10.0. The van der Waals surface area contributed by atoms with Gasteiger partial charge in [0.25, 0.3) is 0 Å². The van der Waals surface area contributed by atoms with Crippen molar-refractivity contribution in [1.82, 2.24) is 5.32 Å². The summed E-state index contributed by atoms with van der Waals surface area (Å²) in [4.78, 5) is 12.3. The van der Waals surface area contributed by atoms with Gasteiger partial charge in [0.1, 0.15) is 6.10 Å². The van der Waals surface area contributed by atoms with Gasteiger partial charge in [-0.2, -0.15) is 0 Å². The summed E-state index contributed by atoms with van der Waals surface area (Å²) in [5.41, 5.74) is 0. The molecule has 0 bridgehead atoms. The van der Waals surface area contributed by atoms with E-state index in [9.17, 15) is 20.1 Å². The molecule has 0 aromatic rings. The molecule has 0 saturated carbocycles. The number of hydrogen-bond acceptors (Lipinski definition) is 4. The van der Waals surface area contributed by atoms with Gasteiger partial charge in [0, 0.05) is 6.42 Å². The maximum Gasteiger partial charge on any atom is 0.220 e. The molecular formula is C39H77NO4. The predicted molar refractivity (Wildman–Crippen MR) is 190 cm³/mol. The number of aliphatic hydroxyl groups excluding tert-OH is 3. The highest BCUT2D eigenvalue weighted by molar-refractivity contribution is 5.76. The smallest absolute Gasteiger partial charge is 0.220 e. The molecule has 0 aliphatic heterocycles. The van der Waals surface area contributed by atoms with Crippen molar-refractivity contribution in [2.45, 2.75) is 225 Å². The number of carbonyl (C=O) groups is 1. The molecule has 0 aromatic carbocycles. The van der Waals surface area contributed by atoms with Crippen LogP contribution in [0.3, 0.4) is 0 Å². The van der Waals surface area contributed by atoms with Gasteiger partial charge in [0.05, 0.1) is 18.8 Å². The molecule has 0 saturated heterocycles. The molecule has 3 atom stereocenters. The minimum atomic E-state index is -1.15. The van der Waals surface area contributed by atoms with E-state index in [1.165, 1.54) is 141 Å². The van der Waals surface area contributed by atoms with E-state index in [-0.39, 0.29) is 12.5 Å². The van der Waals surface area contributed by atoms with Crippen LogP contribution in [-0.2, 0) is 4.79 Å². The van der Waals surface area contributed by atoms with Gasteiger partial charge in [-0.05, 0) is 38.5 Å². The summed E-state index contributed by atoms with van der Waals surface area (Å²) in [6, 6.07) is -0.818. The average molecular weight is 624 g/mol. The fraction of sp³-hybridized carbons (Fsp3) is 0.923. The van der Waals surface area contributed by atoms with Crippen molar-refractivity contribution in [3.8, 4) is 0 Å². The van der Waals surface area contributed by atoms with E-state index < -0.39 is 18.2 Å². The molecule has 1 amide bonds. The quantitative estimate of drug-likeness (QED) is 0.0418. The number of unbranched alkanes of at least 4 members (excludes halogenated alkanes) is 25. The maximum absolute atomic E-state index is 12.3. The van der Waals surface area contributed by atoms with Gasteiger partial charge in [0.15, 0.2) is 0 Å². The standard InChI is InChI=1S/C39H77NO4/c1-3-5-7-9-11-13-14-15-16-17-18-19-20-21-22-23-24-26-28-30-32-34-38(43)40-36(35-41)39(44)37(42)33-31-29-27-25-12-10-8-6-4-2/h25,27,36-37,39,41-42,44H,3-24,26,28-35H2,1-2H3,(H,40,43)/b27-25+. The zero-order valence-electron chi connectivity index (χ0n) is 29.6. The highest BCUT2D eigenvalue weighted by Crippen LogP contribution is 2.16. The number of amides is 1. The molecule has 0 spiro atoms. The number of aliphatic hydroxyl groups is 3. The summed E-state index contributed by atoms with van der Waals surface area (Å²) in [5.74, 6) is -0.154. The normalized spacial score (nSPS) is 13.8. The lowest BCUT2D eigenvalue weighted by Crippen LogP contribution is -2.50. The van der Waals surface area contributed by atoms with Crippen LogP contribution in [0.1, 0.15) is 206 Å². The van der Waals surface area contributed by atoms with Crippen LogP contribution < -0.4 is 5.32 Å². The van der Waals surface area contributed by atoms with Crippen molar-refractivity contribution in [1.29, 1.82) is 0 Å². The summed E-state index contributed by atoms with van der Waals surface area (Å²) in [5, 5.41) is 33.2. The van der Waals surface area contributed by atoms with Crippen LogP contribution in [0.5, 0.6) is 0 Å². The Balaban J connectivity index is 3.58. The van der Waals surface area contributed by atoms with E-state index in [0.29, 0.717) is 12.8 Å². The lowest BCUT2D eigenvalue weighted by Gasteiger charge is -2.26. The fourth-order valence-electron chi connectivity index (χ4n) is 6.04. The SMILES string of the molecule is CCCCCC/C=C/CCCC(O)C(O)C(CO)NC(=O)CCCCCCCCCCCCCCCCCCCCCCC. The van der Waals surface area contributed by atoms with E-state index >= 15 is 0 Å². The minimum absolute atomic E-state index is 0.154. The number of carbonyl (C=O) groups excluding carboxylic acids is 1. The first-order valence-corrected chi connectivity index (χ1v) is 19.5. The second-order valence-corrected chi connectivity index (χ2v) is 13.5. The monoisotopic (exact) mass is 624 g/mol. The van der Waals surface area contributed by atoms with Gasteiger partial charge < -0.3 is 20.6 Å². The first kappa shape index (κ1) is 43.1. The first-order valence-electron chi connectivity index (χ1n) is 19.5. The van der Waals surface area contributed by atoms with Crippen LogP contribution in [0, 0.1) is 0 Å². The molecule has 0 aromatic heterocycles. The zero-order valence-corrected chi connectivity index (χ0v) is 29.6. The third kappa shape index (κ3) is 29.8. The Morgan fingerprint density at radius 3 is 1.32 bits per heavy atom. The van der Waals surface area contributed by atoms with E-state index in [1.54, 1.807) is 0 Å². The Morgan fingerprint density at radius 2 is 0.909 bits per heavy atom. The van der Waals surface area contributed by atoms with Crippen LogP contribution in [0.4, 0.5) is 0 Å². The topological polar surface area (TPSA) is 89.8 Å². The van der Waals surface area contributed by atoms with Crippen molar-refractivity contribution in [3.63, 3.8) is 0 Å². The van der Waals surface area contributed by atoms with Crippen molar-refractivity contribution < 1.29 is 20.1 Å². The molecule has 44 heavy (non-hydrogen) atoms. The number of hydrogen-bond donors (Lipinski definition) is 4. The third-order valence-electron chi connectivity index (χ3n) is 9.12. The predicted octanol–water partition coefficient (Wildman–Crippen LogP) is 10.5. The maximum atomic E-state index is 12.3. The highest BCUT2D eigenvalue weighted by Gasteiger charge is 2.26. The molecular weight excluding hydrogens is 546 g/mol. The number of nitrogens with one attached hydrogen (secondary N) is 1. The largest absolute Gasteiger partial charge is 0.394 e. The van der Waals surface area contributed by atoms with E-state index in [1.807, 2.05) is 0 Å². The molecule has 5 heteroatoms. The molecule has 0 radical (unpaired) electrons. The molecule has 0 heterocycles. The summed E-state index contributed by atoms with van der Waals surface area (Å²) < 4.78 is 0. The summed E-state index contributed by atoms with van der Waals surface area (Å²) in [6.45, 7) is 4.13. The van der Waals surface area contributed by atoms with Crippen LogP contribution in [0.2, 0.25) is 0 Å². The van der Waals surface area contributed by atoms with Gasteiger partial charge in [-0.15, -0.1) is 0 Å². The average Bonchev–Trinajstić information content (AvgIpc) is 3.03. The zero-order chi connectivity index (χ0) is 32.4. The fourth-order valence-corrected chi connectivity index (χ4v) is 6.04. The molecule has 3 unspecified atom stereocenters. The molecule has 5 nitrogen and oxygen atoms in total. The Bertz CT molecular complexity index is 611. The Hall–Kier alpha value is -0.910. The second kappa shape index (κ2) is 35.0. The van der Waals surface area contributed by atoms with Crippen LogP contribution in [0.25, 0.3) is 0 Å². The van der Waals surface area contributed by atoms with Crippen LogP contribution in [-0.4, -0.2) is 46.1 Å². The van der Waals surface area contributed by atoms with E-state index in [4.69, 9.17) is 0 Å². The molecule has 262 valence electrons. The molecule has 0 aliphatic carbocycles. The van der Waals surface area contributed by atoms with Crippen molar-refractivity contribution >= 4 is 5.91 Å². The molecule has 0 aliphatic rings. The van der Waals surface area contributed by atoms with Gasteiger partial charge in [-0.1, -0.05) is 174 Å². The number of rotatable bonds is 35. The molecule has 0 rings (SSSR count). The first-order chi connectivity index (χ1) is 21.6. The Morgan fingerprint density at radius 1 is 0.545 bits per heavy atom. The minimum Gasteiger partial charge on any atom is -0.394 e. The Kier molecular flexibility index (Phi) is 34.2. The van der Waals surface area contributed by atoms with Crippen molar-refractivity contribution in [3.05, 3.63) is 12.2 Å². The second-order valence-electron chi connectivity index (χ2n) is 13.5. The summed E-state index contributed by atoms with van der Waals surface area (Å²) >= 11 is 0. The molecule has 0 fully saturated rings. The van der Waals surface area contributed by atoms with Gasteiger partial charge >= 0.3 is 0 Å². The van der Waals surface area contributed by atoms with Crippen LogP contribution >= 0.6 is 0 Å². The van der Waals surface area contributed by atoms with Gasteiger partial charge in [0.2, 0.25) is 5.91 Å². The summed E-state index contributed by atoms with van der Waals surface area (Å²) in [7, 11) is 0. The number of allylic oxidation sites excluding steroid dienone is 2. The summed E-state index contributed by atoms with van der Waals surface area (Å²) in [6.07, 6.45) is 39.0. The molecule has 4 N–H and O–H groups in total. The third-order valence-corrected chi connectivity index (χ3v) is 9.12. The Labute approximate surface area is 274 Å². The van der Waals surface area contributed by atoms with Gasteiger partial charge in [-0.25, -0.2) is 0 Å². The van der Waals surface area contributed by atoms with E-state index in [2.05, 4.69) is 31.3 Å². The highest BCUT2D eigenvalue weighted by atomic mass is 16.3.